The molecular weight excluding hydrogens is 271 g/mol. The Hall–Kier alpha value is -0.340. The maximum Gasteiger partial charge on any atom is 0.411 e. The van der Waals surface area contributed by atoms with E-state index in [1.165, 1.54) is 0 Å². The lowest BCUT2D eigenvalue weighted by molar-refractivity contribution is -0.173. The van der Waals surface area contributed by atoms with Gasteiger partial charge in [-0.1, -0.05) is 0 Å². The van der Waals surface area contributed by atoms with Crippen LogP contribution in [0.3, 0.4) is 0 Å². The Morgan fingerprint density at radius 3 is 2.67 bits per heavy atom. The summed E-state index contributed by atoms with van der Waals surface area (Å²) in [6.07, 6.45) is -2.41. The third-order valence-corrected chi connectivity index (χ3v) is 4.45. The molecule has 1 N–H and O–H groups in total. The number of halogens is 3. The largest absolute Gasteiger partial charge is 0.411 e. The lowest BCUT2D eigenvalue weighted by Crippen LogP contribution is -2.40. The van der Waals surface area contributed by atoms with E-state index in [-0.39, 0.29) is 24.2 Å². The summed E-state index contributed by atoms with van der Waals surface area (Å²) in [7, 11) is -2.94. The highest BCUT2D eigenvalue weighted by Crippen LogP contribution is 2.14. The summed E-state index contributed by atoms with van der Waals surface area (Å²) in [6, 6.07) is -0.0774. The third kappa shape index (κ3) is 7.17. The van der Waals surface area contributed by atoms with Gasteiger partial charge >= 0.3 is 6.18 Å². The van der Waals surface area contributed by atoms with E-state index in [2.05, 4.69) is 10.1 Å². The van der Waals surface area contributed by atoms with Crippen LogP contribution in [0.1, 0.15) is 19.3 Å². The molecule has 1 aliphatic heterocycles. The summed E-state index contributed by atoms with van der Waals surface area (Å²) in [5, 5.41) is 3.03. The molecule has 0 saturated carbocycles. The highest BCUT2D eigenvalue weighted by molar-refractivity contribution is 7.91. The maximum atomic E-state index is 11.7. The summed E-state index contributed by atoms with van der Waals surface area (Å²) in [5.41, 5.74) is 0. The minimum absolute atomic E-state index is 0.0198. The number of rotatable bonds is 6. The lowest BCUT2D eigenvalue weighted by Gasteiger charge is -2.23. The molecule has 1 fully saturated rings. The summed E-state index contributed by atoms with van der Waals surface area (Å²) in [4.78, 5) is 0. The van der Waals surface area contributed by atoms with Crippen LogP contribution in [0.15, 0.2) is 0 Å². The van der Waals surface area contributed by atoms with Crippen molar-refractivity contribution in [3.05, 3.63) is 0 Å². The van der Waals surface area contributed by atoms with Gasteiger partial charge in [-0.3, -0.25) is 0 Å². The van der Waals surface area contributed by atoms with Gasteiger partial charge in [0.25, 0.3) is 0 Å². The minimum Gasteiger partial charge on any atom is -0.372 e. The van der Waals surface area contributed by atoms with Crippen molar-refractivity contribution in [2.24, 2.45) is 0 Å². The van der Waals surface area contributed by atoms with Gasteiger partial charge in [-0.25, -0.2) is 8.42 Å². The van der Waals surface area contributed by atoms with Crippen LogP contribution in [0.2, 0.25) is 0 Å². The van der Waals surface area contributed by atoms with E-state index in [0.717, 1.165) is 6.42 Å². The molecule has 0 amide bonds. The van der Waals surface area contributed by atoms with Gasteiger partial charge in [0.05, 0.1) is 11.5 Å². The fraction of sp³-hybridized carbons (Fsp3) is 1.00. The van der Waals surface area contributed by atoms with Gasteiger partial charge < -0.3 is 10.1 Å². The van der Waals surface area contributed by atoms with Crippen LogP contribution in [0.4, 0.5) is 13.2 Å². The van der Waals surface area contributed by atoms with Gasteiger partial charge in [-0.05, 0) is 25.8 Å². The first kappa shape index (κ1) is 15.7. The fourth-order valence-electron chi connectivity index (χ4n) is 1.85. The Kier molecular flexibility index (Phi) is 5.87. The lowest BCUT2D eigenvalue weighted by atomic mass is 10.2. The Morgan fingerprint density at radius 2 is 2.06 bits per heavy atom. The van der Waals surface area contributed by atoms with Gasteiger partial charge in [-0.2, -0.15) is 13.2 Å². The van der Waals surface area contributed by atoms with Crippen molar-refractivity contribution in [1.29, 1.82) is 0 Å². The summed E-state index contributed by atoms with van der Waals surface area (Å²) >= 11 is 0. The summed E-state index contributed by atoms with van der Waals surface area (Å²) in [6.45, 7) is -0.741. The Balaban J connectivity index is 2.04. The predicted molar refractivity (Wildman–Crippen MR) is 61.2 cm³/mol. The van der Waals surface area contributed by atoms with Gasteiger partial charge in [0, 0.05) is 12.6 Å². The van der Waals surface area contributed by atoms with Crippen molar-refractivity contribution in [3.63, 3.8) is 0 Å². The van der Waals surface area contributed by atoms with Gasteiger partial charge in [0.2, 0.25) is 0 Å². The molecule has 1 atom stereocenters. The van der Waals surface area contributed by atoms with Crippen LogP contribution in [0.25, 0.3) is 0 Å². The average Bonchev–Trinajstić information content (AvgIpc) is 2.20. The van der Waals surface area contributed by atoms with E-state index in [9.17, 15) is 21.6 Å². The molecule has 0 aliphatic carbocycles. The quantitative estimate of drug-likeness (QED) is 0.745. The molecule has 0 aromatic carbocycles. The molecule has 0 aromatic heterocycles. The second kappa shape index (κ2) is 6.72. The monoisotopic (exact) mass is 289 g/mol. The smallest absolute Gasteiger partial charge is 0.372 e. The maximum absolute atomic E-state index is 11.7. The molecule has 8 heteroatoms. The summed E-state index contributed by atoms with van der Waals surface area (Å²) in [5.74, 6) is 0.357. The molecule has 1 unspecified atom stereocenters. The minimum atomic E-state index is -4.29. The molecule has 4 nitrogen and oxygen atoms in total. The number of ether oxygens (including phenoxy) is 1. The molecule has 1 saturated heterocycles. The Labute approximate surface area is 105 Å². The molecule has 0 aromatic rings. The van der Waals surface area contributed by atoms with E-state index in [0.29, 0.717) is 19.4 Å². The van der Waals surface area contributed by atoms with E-state index in [4.69, 9.17) is 0 Å². The van der Waals surface area contributed by atoms with Gasteiger partial charge in [-0.15, -0.1) is 0 Å². The van der Waals surface area contributed by atoms with Crippen molar-refractivity contribution >= 4 is 9.84 Å². The van der Waals surface area contributed by atoms with Crippen molar-refractivity contribution in [1.82, 2.24) is 5.32 Å². The van der Waals surface area contributed by atoms with Crippen LogP contribution in [-0.4, -0.2) is 51.9 Å². The molecule has 1 aliphatic rings. The molecule has 0 radical (unpaired) electrons. The van der Waals surface area contributed by atoms with E-state index in [1.807, 2.05) is 0 Å². The predicted octanol–water partition coefficient (Wildman–Crippen LogP) is 1.12. The second-order valence-corrected chi connectivity index (χ2v) is 6.66. The molecule has 18 heavy (non-hydrogen) atoms. The van der Waals surface area contributed by atoms with E-state index < -0.39 is 22.6 Å². The molecule has 1 rings (SSSR count). The van der Waals surface area contributed by atoms with Crippen LogP contribution in [-0.2, 0) is 14.6 Å². The number of alkyl halides is 3. The molecule has 1 heterocycles. The Bertz CT molecular complexity index is 343. The zero-order valence-corrected chi connectivity index (χ0v) is 10.8. The normalized spacial score (nSPS) is 24.1. The number of hydrogen-bond donors (Lipinski definition) is 1. The number of nitrogens with one attached hydrogen (secondary N) is 1. The van der Waals surface area contributed by atoms with Crippen molar-refractivity contribution < 1.29 is 26.3 Å². The molecule has 0 spiro atoms. The first-order chi connectivity index (χ1) is 8.29. The van der Waals surface area contributed by atoms with Crippen LogP contribution in [0, 0.1) is 0 Å². The first-order valence-electron chi connectivity index (χ1n) is 5.87. The van der Waals surface area contributed by atoms with Gasteiger partial charge in [0.1, 0.15) is 6.61 Å². The average molecular weight is 289 g/mol. The number of sulfone groups is 1. The molecule has 0 bridgehead atoms. The topological polar surface area (TPSA) is 55.4 Å². The highest BCUT2D eigenvalue weighted by Gasteiger charge is 2.27. The van der Waals surface area contributed by atoms with Gasteiger partial charge in [0.15, 0.2) is 9.84 Å². The van der Waals surface area contributed by atoms with Crippen molar-refractivity contribution in [3.8, 4) is 0 Å². The van der Waals surface area contributed by atoms with Crippen LogP contribution < -0.4 is 5.32 Å². The second-order valence-electron chi connectivity index (χ2n) is 4.43. The SMILES string of the molecule is O=S1(=O)CCCC(NCCCOCC(F)(F)F)C1. The molecular formula is C10H18F3NO3S. The standard InChI is InChI=1S/C10H18F3NO3S/c11-10(12,13)8-17-5-2-4-14-9-3-1-6-18(15,16)7-9/h9,14H,1-8H2. The highest BCUT2D eigenvalue weighted by atomic mass is 32.2. The first-order valence-corrected chi connectivity index (χ1v) is 7.69. The number of hydrogen-bond acceptors (Lipinski definition) is 4. The fourth-order valence-corrected chi connectivity index (χ4v) is 3.52. The van der Waals surface area contributed by atoms with Crippen molar-refractivity contribution in [2.75, 3.05) is 31.3 Å². The van der Waals surface area contributed by atoms with Crippen molar-refractivity contribution in [2.45, 2.75) is 31.5 Å². The van der Waals surface area contributed by atoms with E-state index >= 15 is 0 Å². The third-order valence-electron chi connectivity index (χ3n) is 2.63. The zero-order chi connectivity index (χ0) is 13.6. The van der Waals surface area contributed by atoms with E-state index in [1.54, 1.807) is 0 Å². The summed E-state index contributed by atoms with van der Waals surface area (Å²) < 4.78 is 62.3. The Morgan fingerprint density at radius 1 is 1.33 bits per heavy atom. The van der Waals surface area contributed by atoms with Crippen LogP contribution >= 0.6 is 0 Å². The van der Waals surface area contributed by atoms with Crippen LogP contribution in [0.5, 0.6) is 0 Å². The molecule has 108 valence electrons. The zero-order valence-electron chi connectivity index (χ0n) is 10.0.